The first kappa shape index (κ1) is 24.3. The number of carbonyl (C=O) groups excluding carboxylic acids is 1. The third kappa shape index (κ3) is 6.12. The predicted molar refractivity (Wildman–Crippen MR) is 123 cm³/mol. The van der Waals surface area contributed by atoms with Crippen LogP contribution >= 0.6 is 11.6 Å². The van der Waals surface area contributed by atoms with Crippen LogP contribution in [-0.2, 0) is 20.9 Å². The van der Waals surface area contributed by atoms with Gasteiger partial charge in [-0.2, -0.15) is 0 Å². The Hall–Kier alpha value is -3.36. The Balaban J connectivity index is 1.68. The molecule has 1 aromatic heterocycles. The molecule has 0 aliphatic heterocycles. The highest BCUT2D eigenvalue weighted by atomic mass is 35.5. The topological polar surface area (TPSA) is 111 Å². The zero-order valence-corrected chi connectivity index (χ0v) is 19.3. The molecule has 0 saturated heterocycles. The molecule has 2 aromatic carbocycles. The van der Waals surface area contributed by atoms with Crippen LogP contribution < -0.4 is 5.32 Å². The highest BCUT2D eigenvalue weighted by Gasteiger charge is 2.21. The molecule has 1 amide bonds. The molecule has 0 radical (unpaired) electrons. The number of carboxylic acid groups (broad SMARTS) is 1. The fourth-order valence-corrected chi connectivity index (χ4v) is 3.48. The summed E-state index contributed by atoms with van der Waals surface area (Å²) in [5, 5.41) is 16.3. The minimum atomic E-state index is -0.988. The molecule has 0 aliphatic carbocycles. The summed E-state index contributed by atoms with van der Waals surface area (Å²) in [5.41, 5.74) is 3.07. The molecule has 0 saturated carbocycles. The van der Waals surface area contributed by atoms with Crippen molar-refractivity contribution in [3.63, 3.8) is 0 Å². The molecule has 0 fully saturated rings. The van der Waals surface area contributed by atoms with Crippen molar-refractivity contribution in [3.8, 4) is 11.3 Å². The van der Waals surface area contributed by atoms with Gasteiger partial charge >= 0.3 is 12.1 Å². The lowest BCUT2D eigenvalue weighted by molar-refractivity contribution is -0.151. The Bertz CT molecular complexity index is 1110. The van der Waals surface area contributed by atoms with Crippen molar-refractivity contribution in [2.45, 2.75) is 46.0 Å². The van der Waals surface area contributed by atoms with Crippen molar-refractivity contribution in [2.24, 2.45) is 0 Å². The monoisotopic (exact) mass is 472 g/mol. The number of aryl methyl sites for hydroxylation is 1. The molecule has 2 N–H and O–H groups in total. The van der Waals surface area contributed by atoms with Crippen LogP contribution in [0.4, 0.5) is 10.5 Å². The molecule has 3 rings (SSSR count). The maximum Gasteiger partial charge on any atom is 0.412 e. The molecule has 8 nitrogen and oxygen atoms in total. The van der Waals surface area contributed by atoms with E-state index in [9.17, 15) is 9.59 Å². The molecule has 3 aromatic rings. The number of nitrogens with zero attached hydrogens (tertiary/aromatic N) is 1. The smallest absolute Gasteiger partial charge is 0.412 e. The maximum absolute atomic E-state index is 12.5. The van der Waals surface area contributed by atoms with Crippen molar-refractivity contribution < 1.29 is 28.7 Å². The SMILES string of the molecule is CCC(OCc1ccc(-c2onc(C)c2NC(=O)OC(C)c2ccccc2Cl)cc1)C(=O)O. The first-order valence-corrected chi connectivity index (χ1v) is 10.8. The van der Waals surface area contributed by atoms with E-state index in [1.54, 1.807) is 63.2 Å². The van der Waals surface area contributed by atoms with Gasteiger partial charge in [0.25, 0.3) is 0 Å². The van der Waals surface area contributed by atoms with Crippen LogP contribution in [0.5, 0.6) is 0 Å². The van der Waals surface area contributed by atoms with Gasteiger partial charge in [0.2, 0.25) is 0 Å². The van der Waals surface area contributed by atoms with E-state index in [-0.39, 0.29) is 6.61 Å². The summed E-state index contributed by atoms with van der Waals surface area (Å²) in [7, 11) is 0. The van der Waals surface area contributed by atoms with E-state index in [2.05, 4.69) is 10.5 Å². The number of nitrogens with one attached hydrogen (secondary N) is 1. The van der Waals surface area contributed by atoms with Gasteiger partial charge < -0.3 is 19.1 Å². The van der Waals surface area contributed by atoms with Gasteiger partial charge in [-0.25, -0.2) is 9.59 Å². The summed E-state index contributed by atoms with van der Waals surface area (Å²) < 4.78 is 16.3. The second-order valence-corrected chi connectivity index (χ2v) is 7.82. The average Bonchev–Trinajstić information content (AvgIpc) is 3.14. The average molecular weight is 473 g/mol. The second kappa shape index (κ2) is 11.0. The van der Waals surface area contributed by atoms with E-state index < -0.39 is 24.3 Å². The molecular weight excluding hydrogens is 448 g/mol. The number of hydrogen-bond acceptors (Lipinski definition) is 6. The molecule has 0 bridgehead atoms. The molecule has 0 spiro atoms. The molecule has 2 atom stereocenters. The van der Waals surface area contributed by atoms with E-state index >= 15 is 0 Å². The minimum Gasteiger partial charge on any atom is -0.479 e. The van der Waals surface area contributed by atoms with Crippen molar-refractivity contribution in [1.29, 1.82) is 0 Å². The Kier molecular flexibility index (Phi) is 8.08. The number of halogens is 1. The number of benzene rings is 2. The normalized spacial score (nSPS) is 12.7. The summed E-state index contributed by atoms with van der Waals surface area (Å²) in [6, 6.07) is 14.3. The Labute approximate surface area is 196 Å². The number of aromatic nitrogens is 1. The number of amides is 1. The Morgan fingerprint density at radius 2 is 1.88 bits per heavy atom. The van der Waals surface area contributed by atoms with Gasteiger partial charge in [-0.1, -0.05) is 66.1 Å². The quantitative estimate of drug-likeness (QED) is 0.393. The van der Waals surface area contributed by atoms with Gasteiger partial charge in [0, 0.05) is 16.1 Å². The van der Waals surface area contributed by atoms with Gasteiger partial charge in [-0.15, -0.1) is 0 Å². The van der Waals surface area contributed by atoms with Crippen LogP contribution in [0.1, 0.15) is 43.2 Å². The lowest BCUT2D eigenvalue weighted by atomic mass is 10.1. The Morgan fingerprint density at radius 3 is 2.52 bits per heavy atom. The van der Waals surface area contributed by atoms with E-state index in [1.807, 2.05) is 6.07 Å². The van der Waals surface area contributed by atoms with Crippen LogP contribution in [0.2, 0.25) is 5.02 Å². The largest absolute Gasteiger partial charge is 0.479 e. The van der Waals surface area contributed by atoms with E-state index in [0.717, 1.165) is 5.56 Å². The number of anilines is 1. The fraction of sp³-hybridized carbons (Fsp3) is 0.292. The molecule has 33 heavy (non-hydrogen) atoms. The zero-order chi connectivity index (χ0) is 24.0. The molecule has 1 heterocycles. The zero-order valence-electron chi connectivity index (χ0n) is 18.5. The fourth-order valence-electron chi connectivity index (χ4n) is 3.19. The predicted octanol–water partition coefficient (Wildman–Crippen LogP) is 5.99. The van der Waals surface area contributed by atoms with Crippen LogP contribution in [0, 0.1) is 6.92 Å². The number of aliphatic carboxylic acids is 1. The lowest BCUT2D eigenvalue weighted by Gasteiger charge is -2.15. The number of hydrogen-bond donors (Lipinski definition) is 2. The molecule has 2 unspecified atom stereocenters. The van der Waals surface area contributed by atoms with E-state index in [0.29, 0.717) is 39.7 Å². The minimum absolute atomic E-state index is 0.165. The van der Waals surface area contributed by atoms with Crippen molar-refractivity contribution in [3.05, 3.63) is 70.4 Å². The van der Waals surface area contributed by atoms with Gasteiger partial charge in [-0.05, 0) is 31.9 Å². The van der Waals surface area contributed by atoms with Crippen LogP contribution in [0.25, 0.3) is 11.3 Å². The molecular formula is C24H25ClN2O6. The highest BCUT2D eigenvalue weighted by molar-refractivity contribution is 6.31. The molecule has 0 aliphatic rings. The molecule has 174 valence electrons. The third-order valence-electron chi connectivity index (χ3n) is 5.03. The van der Waals surface area contributed by atoms with E-state index in [4.69, 9.17) is 30.7 Å². The number of ether oxygens (including phenoxy) is 2. The Morgan fingerprint density at radius 1 is 1.18 bits per heavy atom. The first-order chi connectivity index (χ1) is 15.8. The highest BCUT2D eigenvalue weighted by Crippen LogP contribution is 2.32. The maximum atomic E-state index is 12.5. The summed E-state index contributed by atoms with van der Waals surface area (Å²) in [4.78, 5) is 23.6. The van der Waals surface area contributed by atoms with Crippen molar-refractivity contribution in [2.75, 3.05) is 5.32 Å². The first-order valence-electron chi connectivity index (χ1n) is 10.4. The van der Waals surface area contributed by atoms with Crippen LogP contribution in [0.3, 0.4) is 0 Å². The van der Waals surface area contributed by atoms with E-state index in [1.165, 1.54) is 0 Å². The van der Waals surface area contributed by atoms with Gasteiger partial charge in [0.15, 0.2) is 11.9 Å². The summed E-state index contributed by atoms with van der Waals surface area (Å²) in [6.45, 7) is 5.36. The number of rotatable bonds is 9. The molecule has 9 heteroatoms. The lowest BCUT2D eigenvalue weighted by Crippen LogP contribution is -2.22. The number of carboxylic acids is 1. The van der Waals surface area contributed by atoms with Gasteiger partial charge in [0.1, 0.15) is 17.5 Å². The second-order valence-electron chi connectivity index (χ2n) is 7.41. The van der Waals surface area contributed by atoms with Crippen molar-refractivity contribution >= 4 is 29.4 Å². The summed E-state index contributed by atoms with van der Waals surface area (Å²) in [6.07, 6.45) is -1.69. The standard InChI is InChI=1S/C24H25ClN2O6/c1-4-20(23(28)29)31-13-16-9-11-17(12-10-16)22-21(14(2)27-33-22)26-24(30)32-15(3)18-7-5-6-8-19(18)25/h5-12,15,20H,4,13H2,1-3H3,(H,26,30)(H,28,29). The van der Waals surface area contributed by atoms with Crippen LogP contribution in [-0.4, -0.2) is 28.4 Å². The van der Waals surface area contributed by atoms with Crippen LogP contribution in [0.15, 0.2) is 53.1 Å². The van der Waals surface area contributed by atoms with Crippen molar-refractivity contribution in [1.82, 2.24) is 5.16 Å². The van der Waals surface area contributed by atoms with Gasteiger partial charge in [-0.3, -0.25) is 5.32 Å². The summed E-state index contributed by atoms with van der Waals surface area (Å²) >= 11 is 6.18. The van der Waals surface area contributed by atoms with Gasteiger partial charge in [0.05, 0.1) is 6.61 Å². The number of carbonyl (C=O) groups is 2. The summed E-state index contributed by atoms with van der Waals surface area (Å²) in [5.74, 6) is -0.614. The third-order valence-corrected chi connectivity index (χ3v) is 5.37.